The minimum atomic E-state index is -0.571. The number of ether oxygens (including phenoxy) is 2. The van der Waals surface area contributed by atoms with Gasteiger partial charge in [-0.25, -0.2) is 9.59 Å². The number of benzene rings is 1. The van der Waals surface area contributed by atoms with Crippen LogP contribution >= 0.6 is 11.8 Å². The van der Waals surface area contributed by atoms with Gasteiger partial charge in [-0.05, 0) is 89.5 Å². The Balaban J connectivity index is 1.76. The standard InChI is InChI=1S/C26H36N2O4S/c1-25(2,3)31-23(29)27-13-16(15-33-7)11-19-18-9-8-10-20-22(18)17(12-21(19)27)14-28(20)24(30)32-26(4,5)6/h8-10,14,16,19,21H,11-13,15H2,1-7H3/t16-,19-,21-/m1/s1. The number of amides is 1. The highest BCUT2D eigenvalue weighted by atomic mass is 32.2. The number of nitrogens with zero attached hydrogens (tertiary/aromatic N) is 2. The average molecular weight is 473 g/mol. The topological polar surface area (TPSA) is 60.8 Å². The van der Waals surface area contributed by atoms with E-state index in [2.05, 4.69) is 12.3 Å². The lowest BCUT2D eigenvalue weighted by Crippen LogP contribution is -2.54. The minimum absolute atomic E-state index is 0.0190. The first kappa shape index (κ1) is 24.0. The summed E-state index contributed by atoms with van der Waals surface area (Å²) in [6.07, 6.45) is 5.14. The van der Waals surface area contributed by atoms with E-state index >= 15 is 0 Å². The second kappa shape index (κ2) is 8.57. The van der Waals surface area contributed by atoms with Crippen molar-refractivity contribution in [2.75, 3.05) is 18.6 Å². The molecule has 3 atom stereocenters. The van der Waals surface area contributed by atoms with Gasteiger partial charge in [0.2, 0.25) is 0 Å². The molecule has 0 spiro atoms. The van der Waals surface area contributed by atoms with Crippen molar-refractivity contribution in [1.82, 2.24) is 9.47 Å². The van der Waals surface area contributed by atoms with Crippen LogP contribution in [0.15, 0.2) is 24.4 Å². The summed E-state index contributed by atoms with van der Waals surface area (Å²) in [6, 6.07) is 6.18. The zero-order chi connectivity index (χ0) is 24.1. The van der Waals surface area contributed by atoms with Gasteiger partial charge in [0.05, 0.1) is 5.52 Å². The second-order valence-corrected chi connectivity index (χ2v) is 12.2. The van der Waals surface area contributed by atoms with Crippen molar-refractivity contribution >= 4 is 34.9 Å². The number of piperidine rings is 1. The molecule has 2 aliphatic rings. The lowest BCUT2D eigenvalue weighted by Gasteiger charge is -2.47. The van der Waals surface area contributed by atoms with Crippen molar-refractivity contribution in [3.63, 3.8) is 0 Å². The van der Waals surface area contributed by atoms with Crippen LogP contribution in [0.2, 0.25) is 0 Å². The summed E-state index contributed by atoms with van der Waals surface area (Å²) in [7, 11) is 0. The fourth-order valence-electron chi connectivity index (χ4n) is 5.24. The maximum Gasteiger partial charge on any atom is 0.419 e. The van der Waals surface area contributed by atoms with Crippen LogP contribution in [-0.4, -0.2) is 57.5 Å². The van der Waals surface area contributed by atoms with E-state index in [1.807, 2.05) is 76.5 Å². The van der Waals surface area contributed by atoms with Gasteiger partial charge < -0.3 is 14.4 Å². The molecule has 1 aromatic heterocycles. The third-order valence-electron chi connectivity index (χ3n) is 6.30. The fraction of sp³-hybridized carbons (Fsp3) is 0.615. The number of aromatic nitrogens is 1. The quantitative estimate of drug-likeness (QED) is 0.532. The van der Waals surface area contributed by atoms with Gasteiger partial charge >= 0.3 is 12.2 Å². The predicted molar refractivity (Wildman–Crippen MR) is 133 cm³/mol. The van der Waals surface area contributed by atoms with Gasteiger partial charge in [0.15, 0.2) is 0 Å². The van der Waals surface area contributed by atoms with Gasteiger partial charge in [0.1, 0.15) is 11.2 Å². The Labute approximate surface area is 201 Å². The Morgan fingerprint density at radius 1 is 1.06 bits per heavy atom. The monoisotopic (exact) mass is 472 g/mol. The smallest absolute Gasteiger partial charge is 0.419 e. The third kappa shape index (κ3) is 4.88. The van der Waals surface area contributed by atoms with Crippen molar-refractivity contribution in [1.29, 1.82) is 0 Å². The molecule has 7 heteroatoms. The average Bonchev–Trinajstić information content (AvgIpc) is 3.06. The van der Waals surface area contributed by atoms with E-state index in [0.29, 0.717) is 18.9 Å². The van der Waals surface area contributed by atoms with Crippen molar-refractivity contribution in [2.45, 2.75) is 77.5 Å². The number of carbonyl (C=O) groups excluding carboxylic acids is 2. The molecule has 1 amide bonds. The highest BCUT2D eigenvalue weighted by molar-refractivity contribution is 7.98. The number of likely N-dealkylation sites (tertiary alicyclic amines) is 1. The van der Waals surface area contributed by atoms with E-state index in [1.54, 1.807) is 4.57 Å². The van der Waals surface area contributed by atoms with E-state index in [1.165, 1.54) is 5.56 Å². The van der Waals surface area contributed by atoms with Gasteiger partial charge in [-0.3, -0.25) is 4.57 Å². The van der Waals surface area contributed by atoms with E-state index in [4.69, 9.17) is 9.47 Å². The predicted octanol–water partition coefficient (Wildman–Crippen LogP) is 6.05. The van der Waals surface area contributed by atoms with Crippen molar-refractivity contribution < 1.29 is 19.1 Å². The zero-order valence-electron chi connectivity index (χ0n) is 20.8. The lowest BCUT2D eigenvalue weighted by molar-refractivity contribution is -0.000228. The summed E-state index contributed by atoms with van der Waals surface area (Å²) in [5, 5.41) is 1.14. The first-order valence-corrected chi connectivity index (χ1v) is 13.1. The maximum absolute atomic E-state index is 13.3. The number of hydrogen-bond acceptors (Lipinski definition) is 5. The van der Waals surface area contributed by atoms with Gasteiger partial charge in [-0.2, -0.15) is 11.8 Å². The van der Waals surface area contributed by atoms with Gasteiger partial charge in [-0.1, -0.05) is 12.1 Å². The molecular formula is C26H36N2O4S. The van der Waals surface area contributed by atoms with Gasteiger partial charge in [0.25, 0.3) is 0 Å². The number of thioether (sulfide) groups is 1. The summed E-state index contributed by atoms with van der Waals surface area (Å²) in [6.45, 7) is 12.1. The molecular weight excluding hydrogens is 436 g/mol. The highest BCUT2D eigenvalue weighted by Gasteiger charge is 2.44. The molecule has 1 saturated heterocycles. The molecule has 180 valence electrons. The van der Waals surface area contributed by atoms with Crippen LogP contribution in [-0.2, 0) is 15.9 Å². The normalized spacial score (nSPS) is 22.8. The summed E-state index contributed by atoms with van der Waals surface area (Å²) in [5.41, 5.74) is 2.08. The Bertz CT molecular complexity index is 1060. The number of carbonyl (C=O) groups is 2. The molecule has 0 bridgehead atoms. The number of rotatable bonds is 2. The Morgan fingerprint density at radius 3 is 2.36 bits per heavy atom. The lowest BCUT2D eigenvalue weighted by atomic mass is 9.72. The van der Waals surface area contributed by atoms with E-state index < -0.39 is 11.2 Å². The van der Waals surface area contributed by atoms with Crippen molar-refractivity contribution in [3.8, 4) is 0 Å². The third-order valence-corrected chi connectivity index (χ3v) is 7.10. The SMILES string of the molecule is CSC[C@@H]1C[C@@H]2c3cccc4c3c(cn4C(=O)OC(C)(C)C)C[C@H]2N(C(=O)OC(C)(C)C)C1. The minimum Gasteiger partial charge on any atom is -0.444 e. The Morgan fingerprint density at radius 2 is 1.73 bits per heavy atom. The van der Waals surface area contributed by atoms with E-state index in [0.717, 1.165) is 28.6 Å². The summed E-state index contributed by atoms with van der Waals surface area (Å²) in [4.78, 5) is 28.2. The van der Waals surface area contributed by atoms with Gasteiger partial charge in [-0.15, -0.1) is 0 Å². The van der Waals surface area contributed by atoms with Crippen LogP contribution in [0.5, 0.6) is 0 Å². The number of fused-ring (bicyclic) bond motifs is 2. The van der Waals surface area contributed by atoms with Crippen LogP contribution in [0, 0.1) is 5.92 Å². The summed E-state index contributed by atoms with van der Waals surface area (Å²) < 4.78 is 13.1. The van der Waals surface area contributed by atoms with Crippen molar-refractivity contribution in [3.05, 3.63) is 35.5 Å². The number of hydrogen-bond donors (Lipinski definition) is 0. The molecule has 0 saturated carbocycles. The van der Waals surface area contributed by atoms with Crippen LogP contribution in [0.3, 0.4) is 0 Å². The Kier molecular flexibility index (Phi) is 6.23. The van der Waals surface area contributed by atoms with Crippen molar-refractivity contribution in [2.24, 2.45) is 5.92 Å². The first-order valence-electron chi connectivity index (χ1n) is 11.7. The molecule has 1 fully saturated rings. The van der Waals surface area contributed by atoms with E-state index in [9.17, 15) is 9.59 Å². The second-order valence-electron chi connectivity index (χ2n) is 11.3. The zero-order valence-corrected chi connectivity index (χ0v) is 21.6. The summed E-state index contributed by atoms with van der Waals surface area (Å²) in [5.74, 6) is 1.62. The molecule has 1 aromatic carbocycles. The van der Waals surface area contributed by atoms with Crippen LogP contribution < -0.4 is 0 Å². The van der Waals surface area contributed by atoms with Crippen LogP contribution in [0.1, 0.15) is 65.0 Å². The largest absolute Gasteiger partial charge is 0.444 e. The maximum atomic E-state index is 13.3. The molecule has 1 aliphatic heterocycles. The fourth-order valence-corrected chi connectivity index (χ4v) is 5.96. The first-order chi connectivity index (χ1) is 15.4. The molecule has 0 unspecified atom stereocenters. The molecule has 0 radical (unpaired) electrons. The molecule has 2 aromatic rings. The molecule has 6 nitrogen and oxygen atoms in total. The molecule has 1 aliphatic carbocycles. The Hall–Kier alpha value is -2.15. The molecule has 2 heterocycles. The molecule has 33 heavy (non-hydrogen) atoms. The molecule has 0 N–H and O–H groups in total. The van der Waals surface area contributed by atoms with E-state index in [-0.39, 0.29) is 24.1 Å². The highest BCUT2D eigenvalue weighted by Crippen LogP contribution is 2.46. The van der Waals surface area contributed by atoms with Crippen LogP contribution in [0.25, 0.3) is 10.9 Å². The van der Waals surface area contributed by atoms with Gasteiger partial charge in [0, 0.05) is 30.1 Å². The van der Waals surface area contributed by atoms with Crippen LogP contribution in [0.4, 0.5) is 9.59 Å². The summed E-state index contributed by atoms with van der Waals surface area (Å²) >= 11 is 1.82. The molecule has 4 rings (SSSR count).